The molecule has 8 nitrogen and oxygen atoms in total. The molecule has 2 aromatic rings. The van der Waals surface area contributed by atoms with Gasteiger partial charge >= 0.3 is 5.97 Å². The third kappa shape index (κ3) is 6.57. The fourth-order valence-corrected chi connectivity index (χ4v) is 7.56. The number of ether oxygens (including phenoxy) is 1. The summed E-state index contributed by atoms with van der Waals surface area (Å²) in [7, 11) is 0. The van der Waals surface area contributed by atoms with Gasteiger partial charge in [-0.15, -0.1) is 0 Å². The van der Waals surface area contributed by atoms with Gasteiger partial charge in [0.2, 0.25) is 0 Å². The zero-order chi connectivity index (χ0) is 29.2. The molecule has 0 unspecified atom stereocenters. The molecule has 4 aliphatic rings. The normalized spacial score (nSPS) is 23.8. The number of halogens is 2. The van der Waals surface area contributed by atoms with E-state index in [1.54, 1.807) is 18.3 Å². The molecule has 2 atom stereocenters. The summed E-state index contributed by atoms with van der Waals surface area (Å²) in [5, 5.41) is 4.14. The maximum atomic E-state index is 12.5. The van der Waals surface area contributed by atoms with Crippen molar-refractivity contribution in [3.8, 4) is 0 Å². The molecule has 226 valence electrons. The first kappa shape index (κ1) is 29.7. The number of hydrogen-bond donors (Lipinski definition) is 1. The van der Waals surface area contributed by atoms with Crippen molar-refractivity contribution in [2.24, 2.45) is 0 Å². The Morgan fingerprint density at radius 2 is 1.74 bits per heavy atom. The molecule has 2 aliphatic carbocycles. The topological polar surface area (TPSA) is 78.0 Å². The van der Waals surface area contributed by atoms with Gasteiger partial charge in [-0.3, -0.25) is 14.6 Å². The van der Waals surface area contributed by atoms with Gasteiger partial charge in [0.05, 0.1) is 22.8 Å². The Labute approximate surface area is 258 Å². The Hall–Kier alpha value is -2.39. The van der Waals surface area contributed by atoms with Crippen molar-refractivity contribution in [2.45, 2.75) is 89.0 Å². The fourth-order valence-electron chi connectivity index (χ4n) is 7.11. The first-order chi connectivity index (χ1) is 20.4. The molecule has 42 heavy (non-hydrogen) atoms. The van der Waals surface area contributed by atoms with Gasteiger partial charge in [-0.05, 0) is 82.3 Å². The van der Waals surface area contributed by atoms with Crippen LogP contribution in [0.2, 0.25) is 10.0 Å². The van der Waals surface area contributed by atoms with Crippen LogP contribution >= 0.6 is 23.2 Å². The Balaban J connectivity index is 1.09. The summed E-state index contributed by atoms with van der Waals surface area (Å²) in [5.74, 6) is 0.418. The third-order valence-electron chi connectivity index (χ3n) is 9.38. The van der Waals surface area contributed by atoms with Crippen LogP contribution in [0.3, 0.4) is 0 Å². The first-order valence-corrected chi connectivity index (χ1v) is 16.3. The number of pyridine rings is 1. The van der Waals surface area contributed by atoms with Crippen LogP contribution in [0.15, 0.2) is 30.5 Å². The van der Waals surface area contributed by atoms with Crippen molar-refractivity contribution in [2.75, 3.05) is 37.7 Å². The summed E-state index contributed by atoms with van der Waals surface area (Å²) in [6.45, 7) is 6.73. The summed E-state index contributed by atoms with van der Waals surface area (Å²) >= 11 is 13.0. The Bertz CT molecular complexity index is 1300. The molecule has 0 spiro atoms. The summed E-state index contributed by atoms with van der Waals surface area (Å²) < 4.78 is 5.28. The minimum absolute atomic E-state index is 0.0849. The smallest absolute Gasteiger partial charge is 0.338 e. The quantitative estimate of drug-likeness (QED) is 0.391. The number of rotatable bonds is 8. The predicted molar refractivity (Wildman–Crippen MR) is 166 cm³/mol. The number of nitrogens with zero attached hydrogens (tertiary/aromatic N) is 4. The van der Waals surface area contributed by atoms with Gasteiger partial charge in [0.15, 0.2) is 0 Å². The summed E-state index contributed by atoms with van der Waals surface area (Å²) in [6, 6.07) is 9.02. The summed E-state index contributed by atoms with van der Waals surface area (Å²) in [4.78, 5) is 37.4. The average Bonchev–Trinajstić information content (AvgIpc) is 3.82. The van der Waals surface area contributed by atoms with Crippen LogP contribution in [-0.4, -0.2) is 83.6 Å². The van der Waals surface area contributed by atoms with Crippen molar-refractivity contribution in [1.29, 1.82) is 0 Å². The number of likely N-dealkylation sites (tertiary alicyclic amines) is 1. The molecular weight excluding hydrogens is 573 g/mol. The molecule has 1 aromatic carbocycles. The largest absolute Gasteiger partial charge is 0.462 e. The third-order valence-corrected chi connectivity index (χ3v) is 9.89. The molecule has 0 bridgehead atoms. The number of carbonyl (C=O) groups excluding carboxylic acids is 2. The molecule has 2 saturated carbocycles. The molecule has 3 heterocycles. The van der Waals surface area contributed by atoms with Gasteiger partial charge in [-0.1, -0.05) is 42.1 Å². The zero-order valence-electron chi connectivity index (χ0n) is 24.4. The second-order valence-electron chi connectivity index (χ2n) is 12.2. The van der Waals surface area contributed by atoms with E-state index in [0.29, 0.717) is 51.9 Å². The van der Waals surface area contributed by atoms with Crippen molar-refractivity contribution < 1.29 is 14.3 Å². The number of nitrogens with one attached hydrogen (secondary N) is 1. The Morgan fingerprint density at radius 3 is 2.45 bits per heavy atom. The number of piperidine rings is 1. The molecule has 10 heteroatoms. The summed E-state index contributed by atoms with van der Waals surface area (Å²) in [5.41, 5.74) is 2.07. The number of benzene rings is 1. The first-order valence-electron chi connectivity index (χ1n) is 15.6. The molecule has 1 aromatic heterocycles. The lowest BCUT2D eigenvalue weighted by Gasteiger charge is -2.54. The zero-order valence-corrected chi connectivity index (χ0v) is 25.9. The van der Waals surface area contributed by atoms with Crippen molar-refractivity contribution in [3.05, 3.63) is 57.2 Å². The van der Waals surface area contributed by atoms with E-state index in [4.69, 9.17) is 32.9 Å². The highest BCUT2D eigenvalue weighted by Gasteiger charge is 2.42. The van der Waals surface area contributed by atoms with Crippen LogP contribution in [0.1, 0.15) is 84.6 Å². The predicted octanol–water partition coefficient (Wildman–Crippen LogP) is 5.56. The number of carbonyl (C=O) groups is 2. The van der Waals surface area contributed by atoms with E-state index in [-0.39, 0.29) is 11.9 Å². The van der Waals surface area contributed by atoms with Gasteiger partial charge in [-0.2, -0.15) is 0 Å². The van der Waals surface area contributed by atoms with Gasteiger partial charge < -0.3 is 15.0 Å². The number of anilines is 1. The Kier molecular flexibility index (Phi) is 9.24. The number of piperazine rings is 1. The van der Waals surface area contributed by atoms with Crippen LogP contribution in [0.5, 0.6) is 0 Å². The monoisotopic (exact) mass is 613 g/mol. The van der Waals surface area contributed by atoms with E-state index in [0.717, 1.165) is 76.2 Å². The highest BCUT2D eigenvalue weighted by molar-refractivity contribution is 6.33. The highest BCUT2D eigenvalue weighted by Crippen LogP contribution is 2.38. The van der Waals surface area contributed by atoms with E-state index in [1.807, 2.05) is 19.1 Å². The van der Waals surface area contributed by atoms with Crippen LogP contribution in [0.25, 0.3) is 0 Å². The number of fused-ring (bicyclic) bond motifs is 1. The molecule has 1 amide bonds. The number of amides is 1. The second kappa shape index (κ2) is 13.1. The standard InChI is InChI=1S/C32H41Cl2N5O3/c1-2-42-32(41)26-18-23(33)8-7-21(26)20-37-13-11-25(12-14-37)38-15-16-39(29-6-4-3-5-28(29)38)30-27(34)17-22(19-35-30)31(40)36-24-9-10-24/h7-8,17-19,24-25,28-29H,2-6,9-16,20H2,1H3,(H,36,40)/t28-,29+/m1/s1. The molecule has 6 rings (SSSR count). The van der Waals surface area contributed by atoms with Crippen molar-refractivity contribution in [1.82, 2.24) is 20.1 Å². The average molecular weight is 615 g/mol. The highest BCUT2D eigenvalue weighted by atomic mass is 35.5. The maximum Gasteiger partial charge on any atom is 0.338 e. The van der Waals surface area contributed by atoms with Gasteiger partial charge in [0.1, 0.15) is 5.82 Å². The number of hydrogen-bond acceptors (Lipinski definition) is 7. The minimum atomic E-state index is -0.308. The van der Waals surface area contributed by atoms with Crippen LogP contribution in [0, 0.1) is 0 Å². The van der Waals surface area contributed by atoms with Crippen LogP contribution in [0.4, 0.5) is 5.82 Å². The second-order valence-corrected chi connectivity index (χ2v) is 13.0. The molecule has 2 aliphatic heterocycles. The van der Waals surface area contributed by atoms with E-state index in [9.17, 15) is 9.59 Å². The number of aromatic nitrogens is 1. The van der Waals surface area contributed by atoms with Crippen LogP contribution < -0.4 is 10.2 Å². The van der Waals surface area contributed by atoms with Crippen molar-refractivity contribution >= 4 is 40.9 Å². The van der Waals surface area contributed by atoms with Crippen LogP contribution in [-0.2, 0) is 11.3 Å². The molecule has 4 fully saturated rings. The maximum absolute atomic E-state index is 12.5. The lowest BCUT2D eigenvalue weighted by molar-refractivity contribution is 0.0298. The molecule has 0 radical (unpaired) electrons. The lowest BCUT2D eigenvalue weighted by atomic mass is 9.84. The summed E-state index contributed by atoms with van der Waals surface area (Å²) in [6.07, 6.45) is 10.8. The lowest BCUT2D eigenvalue weighted by Crippen LogP contribution is -2.64. The van der Waals surface area contributed by atoms with Gasteiger partial charge in [0, 0.05) is 55.0 Å². The van der Waals surface area contributed by atoms with E-state index >= 15 is 0 Å². The van der Waals surface area contributed by atoms with Gasteiger partial charge in [-0.25, -0.2) is 9.78 Å². The fraction of sp³-hybridized carbons (Fsp3) is 0.594. The molecule has 1 N–H and O–H groups in total. The number of esters is 1. The van der Waals surface area contributed by atoms with E-state index < -0.39 is 0 Å². The minimum Gasteiger partial charge on any atom is -0.462 e. The Morgan fingerprint density at radius 1 is 0.976 bits per heavy atom. The van der Waals surface area contributed by atoms with E-state index in [2.05, 4.69) is 20.0 Å². The van der Waals surface area contributed by atoms with E-state index in [1.165, 1.54) is 19.3 Å². The van der Waals surface area contributed by atoms with Crippen molar-refractivity contribution in [3.63, 3.8) is 0 Å². The molecule has 2 saturated heterocycles. The molecular formula is C32H41Cl2N5O3. The van der Waals surface area contributed by atoms with Gasteiger partial charge in [0.25, 0.3) is 5.91 Å². The SMILES string of the molecule is CCOC(=O)c1cc(Cl)ccc1CN1CCC(N2CCN(c3ncc(C(=O)NC4CC4)cc3Cl)[C@H]3CCCC[C@H]32)CC1.